The second-order valence-electron chi connectivity index (χ2n) is 8.73. The van der Waals surface area contributed by atoms with Gasteiger partial charge < -0.3 is 14.3 Å². The zero-order chi connectivity index (χ0) is 26.2. The summed E-state index contributed by atoms with van der Waals surface area (Å²) in [4.78, 5) is 21.3. The van der Waals surface area contributed by atoms with E-state index in [4.69, 9.17) is 14.3 Å². The summed E-state index contributed by atoms with van der Waals surface area (Å²) in [6, 6.07) is 11.9. The Morgan fingerprint density at radius 3 is 2.57 bits per heavy atom. The number of carbonyl (C=O) groups is 1. The van der Waals surface area contributed by atoms with Crippen molar-refractivity contribution in [1.82, 2.24) is 14.9 Å². The summed E-state index contributed by atoms with van der Waals surface area (Å²) in [5, 5.41) is 9.02. The molecule has 0 unspecified atom stereocenters. The Morgan fingerprint density at radius 1 is 1.11 bits per heavy atom. The number of hydrogen-bond donors (Lipinski definition) is 1. The van der Waals surface area contributed by atoms with Gasteiger partial charge in [0.1, 0.15) is 18.8 Å². The Labute approximate surface area is 208 Å². The second kappa shape index (κ2) is 9.81. The average Bonchev–Trinajstić information content (AvgIpc) is 3.27. The lowest BCUT2D eigenvalue weighted by molar-refractivity contribution is -0.147. The topological polar surface area (TPSA) is 88.7 Å². The van der Waals surface area contributed by atoms with Crippen LogP contribution in [0.15, 0.2) is 59.1 Å². The average molecular weight is 515 g/mol. The Hall–Kier alpha value is -3.99. The molecule has 2 aromatic heterocycles. The fourth-order valence-electron chi connectivity index (χ4n) is 4.24. The van der Waals surface area contributed by atoms with Crippen molar-refractivity contribution in [3.05, 3.63) is 65.9 Å². The van der Waals surface area contributed by atoms with Crippen molar-refractivity contribution in [3.8, 4) is 28.5 Å². The molecular weight excluding hydrogens is 494 g/mol. The molecule has 1 fully saturated rings. The first-order valence-corrected chi connectivity index (χ1v) is 11.4. The van der Waals surface area contributed by atoms with Gasteiger partial charge >= 0.3 is 12.1 Å². The van der Waals surface area contributed by atoms with Crippen LogP contribution in [-0.4, -0.2) is 52.3 Å². The summed E-state index contributed by atoms with van der Waals surface area (Å²) >= 11 is 0. The van der Waals surface area contributed by atoms with Gasteiger partial charge in [0.15, 0.2) is 5.58 Å². The third-order valence-electron chi connectivity index (χ3n) is 6.11. The van der Waals surface area contributed by atoms with Crippen LogP contribution in [0.5, 0.6) is 5.88 Å². The fourth-order valence-corrected chi connectivity index (χ4v) is 4.24. The fraction of sp³-hybridized carbons (Fsp3) is 0.269. The van der Waals surface area contributed by atoms with Gasteiger partial charge in [-0.15, -0.1) is 0 Å². The number of nitrogens with zero attached hydrogens (tertiary/aromatic N) is 3. The van der Waals surface area contributed by atoms with E-state index in [1.165, 1.54) is 30.5 Å². The number of halogens is 4. The van der Waals surface area contributed by atoms with Gasteiger partial charge in [-0.05, 0) is 41.5 Å². The predicted molar refractivity (Wildman–Crippen MR) is 126 cm³/mol. The Morgan fingerprint density at radius 2 is 1.89 bits per heavy atom. The molecule has 0 radical (unpaired) electrons. The van der Waals surface area contributed by atoms with E-state index in [0.717, 1.165) is 11.6 Å². The normalized spacial score (nSPS) is 14.6. The molecule has 1 saturated heterocycles. The van der Waals surface area contributed by atoms with Crippen LogP contribution in [0.2, 0.25) is 0 Å². The molecule has 1 aliphatic rings. The molecule has 3 heterocycles. The largest absolute Gasteiger partial charge is 0.481 e. The van der Waals surface area contributed by atoms with Crippen molar-refractivity contribution in [2.24, 2.45) is 5.92 Å². The summed E-state index contributed by atoms with van der Waals surface area (Å²) in [6.07, 6.45) is -3.41. The van der Waals surface area contributed by atoms with Crippen LogP contribution in [0, 0.1) is 5.92 Å². The number of hydrogen-bond acceptors (Lipinski definition) is 6. The number of pyridine rings is 1. The van der Waals surface area contributed by atoms with Gasteiger partial charge in [0, 0.05) is 43.0 Å². The van der Waals surface area contributed by atoms with Crippen LogP contribution < -0.4 is 4.74 Å². The number of likely N-dealkylation sites (tertiary alicyclic amines) is 1. The van der Waals surface area contributed by atoms with E-state index < -0.39 is 24.4 Å². The molecule has 0 atom stereocenters. The van der Waals surface area contributed by atoms with E-state index in [0.29, 0.717) is 30.7 Å². The van der Waals surface area contributed by atoms with Crippen LogP contribution in [0.4, 0.5) is 17.6 Å². The monoisotopic (exact) mass is 515 g/mol. The second-order valence-corrected chi connectivity index (χ2v) is 8.73. The van der Waals surface area contributed by atoms with Crippen molar-refractivity contribution in [2.45, 2.75) is 12.7 Å². The van der Waals surface area contributed by atoms with Crippen LogP contribution in [-0.2, 0) is 17.5 Å². The minimum absolute atomic E-state index is 0.0483. The molecule has 0 amide bonds. The van der Waals surface area contributed by atoms with Crippen molar-refractivity contribution in [1.29, 1.82) is 0 Å². The molecule has 192 valence electrons. The molecule has 37 heavy (non-hydrogen) atoms. The van der Waals surface area contributed by atoms with Gasteiger partial charge in [0.2, 0.25) is 11.8 Å². The number of aliphatic carboxylic acids is 1. The molecule has 1 N–H and O–H groups in total. The maximum absolute atomic E-state index is 14.0. The Bertz CT molecular complexity index is 1430. The zero-order valence-electron chi connectivity index (χ0n) is 19.3. The van der Waals surface area contributed by atoms with E-state index in [2.05, 4.69) is 9.97 Å². The van der Waals surface area contributed by atoms with E-state index in [9.17, 15) is 22.4 Å². The Balaban J connectivity index is 1.41. The third kappa shape index (κ3) is 5.26. The van der Waals surface area contributed by atoms with Crippen molar-refractivity contribution < 1.29 is 36.6 Å². The molecule has 7 nitrogen and oxygen atoms in total. The number of benzene rings is 2. The number of alkyl halides is 4. The first-order valence-electron chi connectivity index (χ1n) is 11.4. The van der Waals surface area contributed by atoms with Gasteiger partial charge in [0.05, 0.1) is 11.5 Å². The van der Waals surface area contributed by atoms with E-state index in [1.807, 2.05) is 11.0 Å². The number of carboxylic acid groups (broad SMARTS) is 1. The number of rotatable bonds is 8. The van der Waals surface area contributed by atoms with Gasteiger partial charge in [-0.2, -0.15) is 13.2 Å². The number of ether oxygens (including phenoxy) is 1. The smallest absolute Gasteiger partial charge is 0.417 e. The molecule has 4 aromatic rings. The maximum Gasteiger partial charge on any atom is 0.417 e. The van der Waals surface area contributed by atoms with E-state index in [1.54, 1.807) is 12.1 Å². The molecule has 0 bridgehead atoms. The zero-order valence-corrected chi connectivity index (χ0v) is 19.3. The van der Waals surface area contributed by atoms with Crippen molar-refractivity contribution >= 4 is 17.1 Å². The van der Waals surface area contributed by atoms with E-state index >= 15 is 0 Å². The number of carboxylic acids is 1. The number of fused-ring (bicyclic) bond motifs is 1. The number of aromatic nitrogens is 2. The third-order valence-corrected chi connectivity index (χ3v) is 6.11. The molecule has 5 rings (SSSR count). The highest BCUT2D eigenvalue weighted by Crippen LogP contribution is 2.40. The van der Waals surface area contributed by atoms with Crippen molar-refractivity contribution in [2.75, 3.05) is 26.4 Å². The van der Waals surface area contributed by atoms with Crippen molar-refractivity contribution in [3.63, 3.8) is 0 Å². The quantitative estimate of drug-likeness (QED) is 0.313. The first kappa shape index (κ1) is 24.7. The summed E-state index contributed by atoms with van der Waals surface area (Å²) in [5.74, 6) is -1.01. The van der Waals surface area contributed by atoms with Crippen LogP contribution in [0.1, 0.15) is 11.1 Å². The van der Waals surface area contributed by atoms with Gasteiger partial charge in [-0.25, -0.2) is 14.4 Å². The van der Waals surface area contributed by atoms with Gasteiger partial charge in [0.25, 0.3) is 0 Å². The summed E-state index contributed by atoms with van der Waals surface area (Å²) in [6.45, 7) is 0.580. The lowest BCUT2D eigenvalue weighted by Crippen LogP contribution is -2.49. The van der Waals surface area contributed by atoms with Gasteiger partial charge in [-0.1, -0.05) is 12.1 Å². The van der Waals surface area contributed by atoms with Crippen LogP contribution >= 0.6 is 0 Å². The van der Waals surface area contributed by atoms with Crippen LogP contribution in [0.3, 0.4) is 0 Å². The predicted octanol–water partition coefficient (Wildman–Crippen LogP) is 5.44. The molecule has 0 spiro atoms. The Kier molecular flexibility index (Phi) is 6.55. The lowest BCUT2D eigenvalue weighted by atomic mass is 9.98. The lowest BCUT2D eigenvalue weighted by Gasteiger charge is -2.36. The minimum atomic E-state index is -4.65. The first-order chi connectivity index (χ1) is 17.7. The molecule has 11 heteroatoms. The summed E-state index contributed by atoms with van der Waals surface area (Å²) < 4.78 is 65.0. The summed E-state index contributed by atoms with van der Waals surface area (Å²) in [7, 11) is 0. The maximum atomic E-state index is 14.0. The molecule has 1 aliphatic heterocycles. The van der Waals surface area contributed by atoms with E-state index in [-0.39, 0.29) is 41.0 Å². The highest BCUT2D eigenvalue weighted by molar-refractivity contribution is 5.78. The number of oxazole rings is 1. The highest BCUT2D eigenvalue weighted by atomic mass is 19.4. The van der Waals surface area contributed by atoms with Gasteiger partial charge in [-0.3, -0.25) is 9.69 Å². The SMILES string of the molecule is O=C(O)C1CN(Cc2ccc3oc(-c4ccc(-c5ccc(OCCF)nc5)c(C(F)(F)F)c4)nc3c2)C1. The molecular formula is C26H21F4N3O4. The minimum Gasteiger partial charge on any atom is -0.481 e. The van der Waals surface area contributed by atoms with Crippen LogP contribution in [0.25, 0.3) is 33.7 Å². The molecule has 2 aromatic carbocycles. The summed E-state index contributed by atoms with van der Waals surface area (Å²) in [5.41, 5.74) is 1.26. The molecule has 0 saturated carbocycles. The standard InChI is InChI=1S/C26H21F4N3O4/c27-7-8-36-23-6-3-17(11-31-23)19-4-2-16(10-20(19)26(28,29)30)24-32-21-9-15(1-5-22(21)37-24)12-33-13-18(14-33)25(34)35/h1-6,9-11,18H,7-8,12-14H2,(H,34,35). The highest BCUT2D eigenvalue weighted by Gasteiger charge is 2.35. The molecule has 0 aliphatic carbocycles.